The molecule has 0 saturated carbocycles. The fraction of sp³-hybridized carbons (Fsp3) is 0.867. The molecule has 6 heteroatoms. The quantitative estimate of drug-likeness (QED) is 0.727. The molecule has 21 heavy (non-hydrogen) atoms. The van der Waals surface area contributed by atoms with Gasteiger partial charge in [-0.2, -0.15) is 0 Å². The van der Waals surface area contributed by atoms with Gasteiger partial charge in [0, 0.05) is 37.8 Å². The van der Waals surface area contributed by atoms with Gasteiger partial charge in [-0.05, 0) is 34.6 Å². The summed E-state index contributed by atoms with van der Waals surface area (Å²) in [6.07, 6.45) is 0. The summed E-state index contributed by atoms with van der Waals surface area (Å²) in [7, 11) is 0. The first kappa shape index (κ1) is 17.9. The molecule has 1 rings (SSSR count). The summed E-state index contributed by atoms with van der Waals surface area (Å²) in [5.41, 5.74) is -0.0342. The van der Waals surface area contributed by atoms with Crippen molar-refractivity contribution < 1.29 is 9.59 Å². The molecule has 0 aliphatic carbocycles. The third-order valence-electron chi connectivity index (χ3n) is 3.82. The van der Waals surface area contributed by atoms with E-state index in [2.05, 4.69) is 29.4 Å². The van der Waals surface area contributed by atoms with Crippen LogP contribution in [0, 0.1) is 0 Å². The standard InChI is InChI=1S/C15H30N4O2/c1-6-18(9-13(20)17-12(2)3)14(21)10-19-8-7-16-11-15(19,4)5/h12,16H,6-11H2,1-5H3,(H,17,20). The van der Waals surface area contributed by atoms with Gasteiger partial charge in [0.2, 0.25) is 11.8 Å². The normalized spacial score (nSPS) is 18.6. The van der Waals surface area contributed by atoms with Gasteiger partial charge in [0.05, 0.1) is 13.1 Å². The smallest absolute Gasteiger partial charge is 0.239 e. The van der Waals surface area contributed by atoms with Crippen molar-refractivity contribution in [1.82, 2.24) is 20.4 Å². The average Bonchev–Trinajstić information content (AvgIpc) is 2.37. The van der Waals surface area contributed by atoms with E-state index in [1.807, 2.05) is 20.8 Å². The van der Waals surface area contributed by atoms with Gasteiger partial charge in [-0.3, -0.25) is 14.5 Å². The van der Waals surface area contributed by atoms with Gasteiger partial charge < -0.3 is 15.5 Å². The number of rotatable bonds is 6. The first-order valence-corrected chi connectivity index (χ1v) is 7.79. The zero-order valence-electron chi connectivity index (χ0n) is 14.0. The maximum Gasteiger partial charge on any atom is 0.239 e. The molecule has 2 N–H and O–H groups in total. The molecule has 1 aliphatic heterocycles. The van der Waals surface area contributed by atoms with Crippen molar-refractivity contribution in [3.8, 4) is 0 Å². The molecule has 0 spiro atoms. The Morgan fingerprint density at radius 3 is 2.57 bits per heavy atom. The van der Waals surface area contributed by atoms with Crippen LogP contribution in [0.25, 0.3) is 0 Å². The summed E-state index contributed by atoms with van der Waals surface area (Å²) in [6.45, 7) is 13.7. The molecule has 122 valence electrons. The van der Waals surface area contributed by atoms with E-state index in [9.17, 15) is 9.59 Å². The average molecular weight is 298 g/mol. The summed E-state index contributed by atoms with van der Waals surface area (Å²) >= 11 is 0. The third-order valence-corrected chi connectivity index (χ3v) is 3.82. The van der Waals surface area contributed by atoms with Crippen LogP contribution in [0.15, 0.2) is 0 Å². The lowest BCUT2D eigenvalue weighted by Gasteiger charge is -2.43. The highest BCUT2D eigenvalue weighted by molar-refractivity contribution is 5.85. The van der Waals surface area contributed by atoms with Crippen LogP contribution in [-0.4, -0.2) is 72.5 Å². The zero-order valence-corrected chi connectivity index (χ0v) is 14.0. The summed E-state index contributed by atoms with van der Waals surface area (Å²) in [5.74, 6) is -0.0776. The van der Waals surface area contributed by atoms with Crippen molar-refractivity contribution in [1.29, 1.82) is 0 Å². The number of nitrogens with one attached hydrogen (secondary N) is 2. The molecule has 0 bridgehead atoms. The Kier molecular flexibility index (Phi) is 6.61. The number of carbonyl (C=O) groups is 2. The van der Waals surface area contributed by atoms with Gasteiger partial charge in [-0.1, -0.05) is 0 Å². The van der Waals surface area contributed by atoms with E-state index in [1.165, 1.54) is 0 Å². The second-order valence-corrected chi connectivity index (χ2v) is 6.54. The van der Waals surface area contributed by atoms with E-state index in [0.717, 1.165) is 19.6 Å². The lowest BCUT2D eigenvalue weighted by Crippen LogP contribution is -2.60. The minimum Gasteiger partial charge on any atom is -0.352 e. The SMILES string of the molecule is CCN(CC(=O)NC(C)C)C(=O)CN1CCNCC1(C)C. The van der Waals surface area contributed by atoms with Crippen LogP contribution >= 0.6 is 0 Å². The Labute approximate surface area is 128 Å². The fourth-order valence-corrected chi connectivity index (χ4v) is 2.50. The molecule has 0 aromatic rings. The molecular formula is C15H30N4O2. The van der Waals surface area contributed by atoms with Gasteiger partial charge in [-0.25, -0.2) is 0 Å². The van der Waals surface area contributed by atoms with E-state index in [-0.39, 0.29) is 29.9 Å². The second kappa shape index (κ2) is 7.75. The van der Waals surface area contributed by atoms with E-state index in [1.54, 1.807) is 4.90 Å². The number of nitrogens with zero attached hydrogens (tertiary/aromatic N) is 2. The highest BCUT2D eigenvalue weighted by atomic mass is 16.2. The minimum atomic E-state index is -0.0974. The number of piperazine rings is 1. The zero-order chi connectivity index (χ0) is 16.0. The van der Waals surface area contributed by atoms with Crippen molar-refractivity contribution >= 4 is 11.8 Å². The predicted octanol–water partition coefficient (Wildman–Crippen LogP) is 0.0433. The summed E-state index contributed by atoms with van der Waals surface area (Å²) < 4.78 is 0. The maximum absolute atomic E-state index is 12.4. The van der Waals surface area contributed by atoms with E-state index >= 15 is 0 Å². The van der Waals surface area contributed by atoms with E-state index in [4.69, 9.17) is 0 Å². The van der Waals surface area contributed by atoms with Crippen LogP contribution in [0.1, 0.15) is 34.6 Å². The van der Waals surface area contributed by atoms with Gasteiger partial charge in [0.1, 0.15) is 0 Å². The molecule has 0 aromatic heterocycles. The van der Waals surface area contributed by atoms with Crippen LogP contribution in [0.2, 0.25) is 0 Å². The Morgan fingerprint density at radius 1 is 1.38 bits per heavy atom. The summed E-state index contributed by atoms with van der Waals surface area (Å²) in [5, 5.41) is 6.17. The van der Waals surface area contributed by atoms with Crippen LogP contribution < -0.4 is 10.6 Å². The van der Waals surface area contributed by atoms with Crippen LogP contribution in [0.5, 0.6) is 0 Å². The second-order valence-electron chi connectivity index (χ2n) is 6.54. The lowest BCUT2D eigenvalue weighted by molar-refractivity contribution is -0.138. The molecule has 2 amide bonds. The molecule has 6 nitrogen and oxygen atoms in total. The topological polar surface area (TPSA) is 64.7 Å². The van der Waals surface area contributed by atoms with E-state index in [0.29, 0.717) is 13.1 Å². The monoisotopic (exact) mass is 298 g/mol. The Bertz CT molecular complexity index is 369. The van der Waals surface area contributed by atoms with Crippen LogP contribution in [0.3, 0.4) is 0 Å². The summed E-state index contributed by atoms with van der Waals surface area (Å²) in [4.78, 5) is 28.1. The van der Waals surface area contributed by atoms with E-state index < -0.39 is 0 Å². The molecule has 0 aromatic carbocycles. The molecule has 0 atom stereocenters. The molecule has 1 aliphatic rings. The van der Waals surface area contributed by atoms with Gasteiger partial charge >= 0.3 is 0 Å². The highest BCUT2D eigenvalue weighted by Gasteiger charge is 2.31. The molecule has 1 fully saturated rings. The largest absolute Gasteiger partial charge is 0.352 e. The molecular weight excluding hydrogens is 268 g/mol. The number of amides is 2. The van der Waals surface area contributed by atoms with Crippen molar-refractivity contribution in [3.05, 3.63) is 0 Å². The predicted molar refractivity (Wildman–Crippen MR) is 84.1 cm³/mol. The highest BCUT2D eigenvalue weighted by Crippen LogP contribution is 2.15. The van der Waals surface area contributed by atoms with Crippen LogP contribution in [0.4, 0.5) is 0 Å². The Hall–Kier alpha value is -1.14. The number of likely N-dealkylation sites (N-methyl/N-ethyl adjacent to an activating group) is 1. The fourth-order valence-electron chi connectivity index (χ4n) is 2.50. The molecule has 1 heterocycles. The first-order valence-electron chi connectivity index (χ1n) is 7.79. The van der Waals surface area contributed by atoms with Crippen molar-refractivity contribution in [3.63, 3.8) is 0 Å². The first-order chi connectivity index (χ1) is 9.76. The Morgan fingerprint density at radius 2 is 2.05 bits per heavy atom. The molecule has 0 radical (unpaired) electrons. The summed E-state index contributed by atoms with van der Waals surface area (Å²) in [6, 6.07) is 0.0958. The van der Waals surface area contributed by atoms with Gasteiger partial charge in [0.25, 0.3) is 0 Å². The number of hydrogen-bond acceptors (Lipinski definition) is 4. The number of hydrogen-bond donors (Lipinski definition) is 2. The maximum atomic E-state index is 12.4. The third kappa shape index (κ3) is 5.63. The molecule has 0 unspecified atom stereocenters. The Balaban J connectivity index is 2.56. The van der Waals surface area contributed by atoms with Crippen molar-refractivity contribution in [2.75, 3.05) is 39.3 Å². The van der Waals surface area contributed by atoms with Crippen molar-refractivity contribution in [2.24, 2.45) is 0 Å². The number of carbonyl (C=O) groups excluding carboxylic acids is 2. The van der Waals surface area contributed by atoms with Crippen LogP contribution in [-0.2, 0) is 9.59 Å². The van der Waals surface area contributed by atoms with Crippen molar-refractivity contribution in [2.45, 2.75) is 46.2 Å². The molecule has 1 saturated heterocycles. The lowest BCUT2D eigenvalue weighted by atomic mass is 10.0. The van der Waals surface area contributed by atoms with Gasteiger partial charge in [-0.15, -0.1) is 0 Å². The van der Waals surface area contributed by atoms with Gasteiger partial charge in [0.15, 0.2) is 0 Å². The minimum absolute atomic E-state index is 0.0198.